The minimum absolute atomic E-state index is 0.0199. The van der Waals surface area contributed by atoms with Gasteiger partial charge < -0.3 is 10.6 Å². The van der Waals surface area contributed by atoms with Crippen molar-refractivity contribution in [2.24, 2.45) is 0 Å². The monoisotopic (exact) mass is 264 g/mol. The highest BCUT2D eigenvalue weighted by molar-refractivity contribution is 5.75. The Morgan fingerprint density at radius 3 is 2.42 bits per heavy atom. The number of nitrogen functional groups attached to an aromatic ring is 1. The molecule has 0 spiro atoms. The van der Waals surface area contributed by atoms with Crippen molar-refractivity contribution in [3.63, 3.8) is 0 Å². The number of benzene rings is 1. The van der Waals surface area contributed by atoms with Crippen molar-refractivity contribution in [1.29, 1.82) is 0 Å². The van der Waals surface area contributed by atoms with Crippen LogP contribution in [0.5, 0.6) is 0 Å². The maximum absolute atomic E-state index is 11.2. The van der Waals surface area contributed by atoms with Crippen LogP contribution >= 0.6 is 0 Å². The van der Waals surface area contributed by atoms with E-state index in [-0.39, 0.29) is 11.4 Å². The Balaban J connectivity index is 2.37. The summed E-state index contributed by atoms with van der Waals surface area (Å²) in [4.78, 5) is 15.2. The van der Waals surface area contributed by atoms with Gasteiger partial charge in [-0.2, -0.15) is 0 Å². The van der Waals surface area contributed by atoms with Gasteiger partial charge in [-0.3, -0.25) is 15.0 Å². The van der Waals surface area contributed by atoms with E-state index >= 15 is 0 Å². The number of nitro groups is 1. The van der Waals surface area contributed by atoms with Gasteiger partial charge in [-0.15, -0.1) is 0 Å². The lowest BCUT2D eigenvalue weighted by Gasteiger charge is -2.43. The van der Waals surface area contributed by atoms with Crippen LogP contribution in [-0.2, 0) is 0 Å². The molecule has 0 saturated carbocycles. The Hall–Kier alpha value is -1.82. The number of nitrogens with zero attached hydrogens (tertiary/aromatic N) is 3. The summed E-state index contributed by atoms with van der Waals surface area (Å²) < 4.78 is 0. The van der Waals surface area contributed by atoms with Gasteiger partial charge >= 0.3 is 5.69 Å². The molecule has 1 aliphatic rings. The number of anilines is 2. The Morgan fingerprint density at radius 2 is 1.89 bits per heavy atom. The van der Waals surface area contributed by atoms with Gasteiger partial charge in [0, 0.05) is 25.2 Å². The van der Waals surface area contributed by atoms with Crippen LogP contribution in [0.1, 0.15) is 13.8 Å². The van der Waals surface area contributed by atoms with E-state index in [4.69, 9.17) is 5.73 Å². The second kappa shape index (κ2) is 5.05. The molecule has 104 valence electrons. The van der Waals surface area contributed by atoms with Crippen LogP contribution in [0.4, 0.5) is 17.1 Å². The lowest BCUT2D eigenvalue weighted by Crippen LogP contribution is -2.55. The molecular formula is C13H20N4O2. The average Bonchev–Trinajstić information content (AvgIpc) is 2.34. The van der Waals surface area contributed by atoms with Crippen molar-refractivity contribution in [1.82, 2.24) is 4.90 Å². The molecule has 0 aliphatic carbocycles. The molecule has 1 aromatic rings. The molecule has 2 rings (SSSR count). The van der Waals surface area contributed by atoms with Gasteiger partial charge in [0.15, 0.2) is 0 Å². The molecule has 0 aromatic heterocycles. The van der Waals surface area contributed by atoms with E-state index < -0.39 is 4.92 Å². The van der Waals surface area contributed by atoms with Crippen LogP contribution < -0.4 is 10.6 Å². The summed E-state index contributed by atoms with van der Waals surface area (Å²) in [5.74, 6) is 0. The highest BCUT2D eigenvalue weighted by Crippen LogP contribution is 2.35. The molecule has 2 N–H and O–H groups in total. The normalized spacial score (nSPS) is 24.5. The third-order valence-corrected chi connectivity index (χ3v) is 3.93. The largest absolute Gasteiger partial charge is 0.393 e. The summed E-state index contributed by atoms with van der Waals surface area (Å²) >= 11 is 0. The fraction of sp³-hybridized carbons (Fsp3) is 0.538. The van der Waals surface area contributed by atoms with E-state index in [1.54, 1.807) is 18.2 Å². The molecule has 0 bridgehead atoms. The number of likely N-dealkylation sites (N-methyl/N-ethyl adjacent to an activating group) is 1. The molecule has 0 amide bonds. The number of piperazine rings is 1. The van der Waals surface area contributed by atoms with Crippen molar-refractivity contribution in [2.75, 3.05) is 30.8 Å². The fourth-order valence-corrected chi connectivity index (χ4v) is 2.60. The number of nitrogens with two attached hydrogens (primary N) is 1. The molecule has 1 fully saturated rings. The molecule has 1 saturated heterocycles. The van der Waals surface area contributed by atoms with E-state index in [1.807, 2.05) is 0 Å². The van der Waals surface area contributed by atoms with E-state index in [0.717, 1.165) is 13.1 Å². The molecule has 6 nitrogen and oxygen atoms in total. The van der Waals surface area contributed by atoms with E-state index in [0.29, 0.717) is 17.8 Å². The zero-order valence-corrected chi connectivity index (χ0v) is 11.5. The van der Waals surface area contributed by atoms with Gasteiger partial charge in [0.25, 0.3) is 0 Å². The number of hydrogen-bond donors (Lipinski definition) is 1. The van der Waals surface area contributed by atoms with Gasteiger partial charge in [0.2, 0.25) is 0 Å². The quantitative estimate of drug-likeness (QED) is 0.500. The Bertz CT molecular complexity index is 480. The maximum atomic E-state index is 11.2. The predicted molar refractivity (Wildman–Crippen MR) is 76.4 cm³/mol. The van der Waals surface area contributed by atoms with E-state index in [9.17, 15) is 10.1 Å². The van der Waals surface area contributed by atoms with Crippen molar-refractivity contribution in [3.05, 3.63) is 28.3 Å². The van der Waals surface area contributed by atoms with Crippen molar-refractivity contribution < 1.29 is 4.92 Å². The number of nitro benzene ring substituents is 1. The second-order valence-electron chi connectivity index (χ2n) is 5.24. The molecule has 2 atom stereocenters. The van der Waals surface area contributed by atoms with Crippen molar-refractivity contribution in [3.8, 4) is 0 Å². The summed E-state index contributed by atoms with van der Waals surface area (Å²) in [6.07, 6.45) is 0. The molecule has 1 aromatic carbocycles. The van der Waals surface area contributed by atoms with Crippen molar-refractivity contribution in [2.45, 2.75) is 25.9 Å². The van der Waals surface area contributed by atoms with Gasteiger partial charge in [0.1, 0.15) is 11.4 Å². The first-order valence-corrected chi connectivity index (χ1v) is 6.41. The van der Waals surface area contributed by atoms with Gasteiger partial charge in [0.05, 0.1) is 4.92 Å². The van der Waals surface area contributed by atoms with Crippen LogP contribution in [0.15, 0.2) is 18.2 Å². The molecule has 19 heavy (non-hydrogen) atoms. The minimum atomic E-state index is -0.391. The first-order chi connectivity index (χ1) is 8.91. The zero-order chi connectivity index (χ0) is 14.2. The fourth-order valence-electron chi connectivity index (χ4n) is 2.60. The Kier molecular flexibility index (Phi) is 3.61. The Morgan fingerprint density at radius 1 is 1.32 bits per heavy atom. The molecule has 2 unspecified atom stereocenters. The number of rotatable bonds is 2. The van der Waals surface area contributed by atoms with Gasteiger partial charge in [-0.05, 0) is 33.0 Å². The van der Waals surface area contributed by atoms with Crippen LogP contribution in [0, 0.1) is 10.1 Å². The van der Waals surface area contributed by atoms with Crippen LogP contribution in [0.25, 0.3) is 0 Å². The first kappa shape index (κ1) is 13.6. The van der Waals surface area contributed by atoms with Crippen molar-refractivity contribution >= 4 is 17.1 Å². The smallest absolute Gasteiger partial charge is 0.315 e. The number of hydrogen-bond acceptors (Lipinski definition) is 5. The summed E-state index contributed by atoms with van der Waals surface area (Å²) in [6, 6.07) is 5.82. The summed E-state index contributed by atoms with van der Waals surface area (Å²) in [5.41, 5.74) is 6.61. The molecular weight excluding hydrogens is 244 g/mol. The summed E-state index contributed by atoms with van der Waals surface area (Å²) in [6.45, 7) is 5.79. The summed E-state index contributed by atoms with van der Waals surface area (Å²) in [7, 11) is 2.08. The summed E-state index contributed by atoms with van der Waals surface area (Å²) in [5, 5.41) is 11.2. The maximum Gasteiger partial charge on any atom is 0.315 e. The standard InChI is InChI=1S/C13H20N4O2/c1-9-7-16(8-10(2)15(9)3)12-6-4-5-11(14)13(12)17(18)19/h4-6,9-10H,7-8,14H2,1-3H3. The zero-order valence-electron chi connectivity index (χ0n) is 11.5. The third kappa shape index (κ3) is 2.49. The molecule has 1 aliphatic heterocycles. The first-order valence-electron chi connectivity index (χ1n) is 6.41. The average molecular weight is 264 g/mol. The van der Waals surface area contributed by atoms with E-state index in [2.05, 4.69) is 30.7 Å². The van der Waals surface area contributed by atoms with Crippen LogP contribution in [-0.4, -0.2) is 42.0 Å². The van der Waals surface area contributed by atoms with Gasteiger partial charge in [-0.1, -0.05) is 6.07 Å². The third-order valence-electron chi connectivity index (χ3n) is 3.93. The SMILES string of the molecule is CC1CN(c2cccc(N)c2[N+](=O)[O-])CC(C)N1C. The molecule has 6 heteroatoms. The lowest BCUT2D eigenvalue weighted by molar-refractivity contribution is -0.383. The Labute approximate surface area is 112 Å². The van der Waals surface area contributed by atoms with Crippen LogP contribution in [0.2, 0.25) is 0 Å². The molecule has 1 heterocycles. The van der Waals surface area contributed by atoms with Gasteiger partial charge in [-0.25, -0.2) is 0 Å². The second-order valence-corrected chi connectivity index (χ2v) is 5.24. The predicted octanol–water partition coefficient (Wildman–Crippen LogP) is 1.71. The lowest BCUT2D eigenvalue weighted by atomic mass is 10.1. The van der Waals surface area contributed by atoms with Crippen LogP contribution in [0.3, 0.4) is 0 Å². The minimum Gasteiger partial charge on any atom is -0.393 e. The molecule has 0 radical (unpaired) electrons. The number of para-hydroxylation sites is 1. The topological polar surface area (TPSA) is 75.6 Å². The van der Waals surface area contributed by atoms with E-state index in [1.165, 1.54) is 0 Å². The highest BCUT2D eigenvalue weighted by Gasteiger charge is 2.30. The highest BCUT2D eigenvalue weighted by atomic mass is 16.6.